The van der Waals surface area contributed by atoms with Crippen molar-refractivity contribution < 1.29 is 0 Å². The molecule has 0 atom stereocenters. The van der Waals surface area contributed by atoms with E-state index in [2.05, 4.69) is 55.4 Å². The predicted octanol–water partition coefficient (Wildman–Crippen LogP) is 4.09. The van der Waals surface area contributed by atoms with Crippen LogP contribution in [0.2, 0.25) is 0 Å². The van der Waals surface area contributed by atoms with E-state index >= 15 is 0 Å². The summed E-state index contributed by atoms with van der Waals surface area (Å²) >= 11 is 0. The number of nitrogens with one attached hydrogen (secondary N) is 1. The van der Waals surface area contributed by atoms with Crippen LogP contribution in [0, 0.1) is 13.8 Å². The van der Waals surface area contributed by atoms with Crippen molar-refractivity contribution in [3.63, 3.8) is 0 Å². The molecule has 1 heterocycles. The van der Waals surface area contributed by atoms with Gasteiger partial charge in [-0.05, 0) is 56.9 Å². The summed E-state index contributed by atoms with van der Waals surface area (Å²) in [5.41, 5.74) is 6.67. The molecule has 0 unspecified atom stereocenters. The maximum Gasteiger partial charge on any atom is 0.0488 e. The van der Waals surface area contributed by atoms with E-state index in [4.69, 9.17) is 0 Å². The lowest BCUT2D eigenvalue weighted by molar-refractivity contribution is 0.688. The lowest BCUT2D eigenvalue weighted by atomic mass is 10.1. The summed E-state index contributed by atoms with van der Waals surface area (Å²) in [5.74, 6) is 0. The molecule has 0 radical (unpaired) electrons. The first-order valence-corrected chi connectivity index (χ1v) is 7.52. The second-order valence-corrected chi connectivity index (χ2v) is 6.26. The smallest absolute Gasteiger partial charge is 0.0488 e. The third kappa shape index (κ3) is 2.53. The van der Waals surface area contributed by atoms with E-state index in [1.807, 2.05) is 0 Å². The van der Waals surface area contributed by atoms with Crippen molar-refractivity contribution in [2.75, 3.05) is 0 Å². The average molecular weight is 268 g/mol. The highest BCUT2D eigenvalue weighted by Gasteiger charge is 2.20. The van der Waals surface area contributed by atoms with Gasteiger partial charge in [0.1, 0.15) is 0 Å². The van der Waals surface area contributed by atoms with Gasteiger partial charge in [0.25, 0.3) is 0 Å². The number of aromatic nitrogens is 1. The molecule has 1 aromatic carbocycles. The highest BCUT2D eigenvalue weighted by molar-refractivity contribution is 5.86. The molecule has 2 nitrogen and oxygen atoms in total. The van der Waals surface area contributed by atoms with Crippen LogP contribution in [0.15, 0.2) is 30.4 Å². The zero-order valence-electron chi connectivity index (χ0n) is 12.8. The van der Waals surface area contributed by atoms with Crippen molar-refractivity contribution in [1.82, 2.24) is 9.88 Å². The lowest BCUT2D eigenvalue weighted by Gasteiger charge is -2.08. The molecule has 1 saturated carbocycles. The van der Waals surface area contributed by atoms with Crippen molar-refractivity contribution in [1.29, 1.82) is 0 Å². The predicted molar refractivity (Wildman–Crippen MR) is 86.1 cm³/mol. The molecule has 0 saturated heterocycles. The summed E-state index contributed by atoms with van der Waals surface area (Å²) in [4.78, 5) is 0. The van der Waals surface area contributed by atoms with Crippen LogP contribution in [0.1, 0.15) is 36.6 Å². The van der Waals surface area contributed by atoms with Crippen molar-refractivity contribution in [3.8, 4) is 0 Å². The van der Waals surface area contributed by atoms with Crippen LogP contribution in [0.25, 0.3) is 10.9 Å². The molecule has 3 rings (SSSR count). The molecule has 2 heteroatoms. The summed E-state index contributed by atoms with van der Waals surface area (Å²) in [6.07, 6.45) is 2.69. The highest BCUT2D eigenvalue weighted by Crippen LogP contribution is 2.27. The highest BCUT2D eigenvalue weighted by atomic mass is 15.0. The minimum atomic E-state index is 0.765. The van der Waals surface area contributed by atoms with Crippen LogP contribution in [-0.2, 0) is 13.1 Å². The molecule has 2 aromatic rings. The van der Waals surface area contributed by atoms with Crippen LogP contribution < -0.4 is 5.32 Å². The van der Waals surface area contributed by atoms with Crippen molar-refractivity contribution >= 4 is 10.9 Å². The van der Waals surface area contributed by atoms with Crippen LogP contribution >= 0.6 is 0 Å². The van der Waals surface area contributed by atoms with Gasteiger partial charge in [-0.2, -0.15) is 0 Å². The Morgan fingerprint density at radius 3 is 2.75 bits per heavy atom. The van der Waals surface area contributed by atoms with Crippen LogP contribution in [0.5, 0.6) is 0 Å². The second-order valence-electron chi connectivity index (χ2n) is 6.26. The minimum absolute atomic E-state index is 0.765. The number of nitrogens with zero attached hydrogens (tertiary/aromatic N) is 1. The third-order valence-electron chi connectivity index (χ3n) is 4.30. The monoisotopic (exact) mass is 268 g/mol. The molecule has 1 aliphatic rings. The minimum Gasteiger partial charge on any atom is -0.341 e. The summed E-state index contributed by atoms with van der Waals surface area (Å²) in [5, 5.41) is 4.98. The van der Waals surface area contributed by atoms with Crippen molar-refractivity contribution in [2.45, 2.75) is 52.7 Å². The van der Waals surface area contributed by atoms with Gasteiger partial charge in [-0.25, -0.2) is 0 Å². The third-order valence-corrected chi connectivity index (χ3v) is 4.30. The molecule has 1 N–H and O–H groups in total. The Kier molecular flexibility index (Phi) is 3.43. The van der Waals surface area contributed by atoms with E-state index < -0.39 is 0 Å². The van der Waals surface area contributed by atoms with Gasteiger partial charge in [-0.15, -0.1) is 0 Å². The van der Waals surface area contributed by atoms with E-state index in [-0.39, 0.29) is 0 Å². The Balaban J connectivity index is 1.96. The summed E-state index contributed by atoms with van der Waals surface area (Å²) < 4.78 is 2.38. The first kappa shape index (κ1) is 13.4. The van der Waals surface area contributed by atoms with E-state index in [1.54, 1.807) is 0 Å². The number of rotatable bonds is 5. The maximum absolute atomic E-state index is 4.05. The number of hydrogen-bond acceptors (Lipinski definition) is 1. The van der Waals surface area contributed by atoms with Gasteiger partial charge in [0.05, 0.1) is 0 Å². The fraction of sp³-hybridized carbons (Fsp3) is 0.444. The van der Waals surface area contributed by atoms with Gasteiger partial charge < -0.3 is 9.88 Å². The Morgan fingerprint density at radius 1 is 1.35 bits per heavy atom. The van der Waals surface area contributed by atoms with Crippen LogP contribution in [0.4, 0.5) is 0 Å². The topological polar surface area (TPSA) is 17.0 Å². The normalized spacial score (nSPS) is 14.9. The lowest BCUT2D eigenvalue weighted by Crippen LogP contribution is -2.15. The van der Waals surface area contributed by atoms with E-state index in [0.717, 1.165) is 19.1 Å². The second kappa shape index (κ2) is 5.10. The van der Waals surface area contributed by atoms with Gasteiger partial charge in [-0.3, -0.25) is 0 Å². The molecule has 0 aliphatic heterocycles. The summed E-state index contributed by atoms with van der Waals surface area (Å²) in [7, 11) is 0. The molecule has 0 amide bonds. The van der Waals surface area contributed by atoms with Gasteiger partial charge >= 0.3 is 0 Å². The van der Waals surface area contributed by atoms with Crippen LogP contribution in [0.3, 0.4) is 0 Å². The van der Waals surface area contributed by atoms with Gasteiger partial charge in [0, 0.05) is 35.7 Å². The Morgan fingerprint density at radius 2 is 2.10 bits per heavy atom. The maximum atomic E-state index is 4.05. The first-order valence-electron chi connectivity index (χ1n) is 7.52. The summed E-state index contributed by atoms with van der Waals surface area (Å²) in [6.45, 7) is 12.5. The van der Waals surface area contributed by atoms with Gasteiger partial charge in [0.15, 0.2) is 0 Å². The van der Waals surface area contributed by atoms with Gasteiger partial charge in [0.2, 0.25) is 0 Å². The van der Waals surface area contributed by atoms with E-state index in [9.17, 15) is 0 Å². The van der Waals surface area contributed by atoms with Crippen molar-refractivity contribution in [2.24, 2.45) is 0 Å². The molecule has 0 spiro atoms. The zero-order chi connectivity index (χ0) is 14.3. The molecular weight excluding hydrogens is 244 g/mol. The number of hydrogen-bond donors (Lipinski definition) is 1. The average Bonchev–Trinajstić information content (AvgIpc) is 3.21. The zero-order valence-corrected chi connectivity index (χ0v) is 12.8. The fourth-order valence-corrected chi connectivity index (χ4v) is 2.83. The number of aryl methyl sites for hydroxylation is 1. The fourth-order valence-electron chi connectivity index (χ4n) is 2.83. The molecule has 106 valence electrons. The Hall–Kier alpha value is -1.54. The SMILES string of the molecule is C=C(C)Cn1c(C)c(C)c2cc(CNC3CC3)ccc21. The molecule has 1 fully saturated rings. The van der Waals surface area contributed by atoms with E-state index in [1.165, 1.54) is 46.1 Å². The molecule has 0 bridgehead atoms. The van der Waals surface area contributed by atoms with Crippen LogP contribution in [-0.4, -0.2) is 10.6 Å². The largest absolute Gasteiger partial charge is 0.341 e. The molecule has 1 aliphatic carbocycles. The molecule has 20 heavy (non-hydrogen) atoms. The Bertz CT molecular complexity index is 660. The summed E-state index contributed by atoms with van der Waals surface area (Å²) in [6, 6.07) is 7.64. The number of benzene rings is 1. The van der Waals surface area contributed by atoms with Crippen molar-refractivity contribution in [3.05, 3.63) is 47.2 Å². The van der Waals surface area contributed by atoms with Gasteiger partial charge in [-0.1, -0.05) is 18.2 Å². The quantitative estimate of drug-likeness (QED) is 0.808. The molecule has 1 aromatic heterocycles. The standard InChI is InChI=1S/C18H24N2/c1-12(2)11-20-14(4)13(3)17-9-15(5-8-18(17)20)10-19-16-6-7-16/h5,8-9,16,19H,1,6-7,10-11H2,2-4H3. The number of fused-ring (bicyclic) bond motifs is 1. The molecular formula is C18H24N2. The van der Waals surface area contributed by atoms with E-state index in [0.29, 0.717) is 0 Å². The first-order chi connectivity index (χ1) is 9.56. The number of allylic oxidation sites excluding steroid dienone is 1. The Labute approximate surface area is 121 Å².